The Balaban J connectivity index is 1.65. The first kappa shape index (κ1) is 20.5. The fraction of sp³-hybridized carbons (Fsp3) is 0.200. The molecule has 3 aromatic rings. The van der Waals surface area contributed by atoms with E-state index in [4.69, 9.17) is 0 Å². The number of hydrogen-bond donors (Lipinski definition) is 2. The van der Waals surface area contributed by atoms with Crippen molar-refractivity contribution in [2.75, 3.05) is 10.5 Å². The first-order valence-electron chi connectivity index (χ1n) is 9.03. The Hall–Kier alpha value is -3.20. The molecule has 0 radical (unpaired) electrons. The Labute approximate surface area is 168 Å². The number of aromatic nitrogens is 2. The second kappa shape index (κ2) is 8.87. The second-order valence-electron chi connectivity index (χ2n) is 6.44. The predicted octanol–water partition coefficient (Wildman–Crippen LogP) is 3.09. The number of sulfonamides is 1. The molecule has 1 amide bonds. The number of nitrogens with zero attached hydrogens (tertiary/aromatic N) is 2. The number of carbonyl (C=O) groups is 1. The number of halogens is 1. The van der Waals surface area contributed by atoms with Gasteiger partial charge in [0.15, 0.2) is 0 Å². The summed E-state index contributed by atoms with van der Waals surface area (Å²) in [5.74, 6) is -0.813. The number of imidazole rings is 1. The van der Waals surface area contributed by atoms with E-state index in [2.05, 4.69) is 15.0 Å². The molecular weight excluding hydrogens is 395 g/mol. The fourth-order valence-corrected chi connectivity index (χ4v) is 3.90. The molecule has 2 aromatic carbocycles. The van der Waals surface area contributed by atoms with Crippen LogP contribution in [0.4, 0.5) is 10.1 Å². The van der Waals surface area contributed by atoms with Crippen molar-refractivity contribution in [2.24, 2.45) is 0 Å². The number of anilines is 1. The van der Waals surface area contributed by atoms with Crippen molar-refractivity contribution in [1.82, 2.24) is 14.9 Å². The summed E-state index contributed by atoms with van der Waals surface area (Å²) in [6.07, 6.45) is 5.19. The summed E-state index contributed by atoms with van der Waals surface area (Å²) in [4.78, 5) is 16.3. The largest absolute Gasteiger partial charge is 0.348 e. The molecule has 3 rings (SSSR count). The average molecular weight is 416 g/mol. The number of hydrogen-bond acceptors (Lipinski definition) is 4. The normalized spacial score (nSPS) is 11.2. The molecule has 0 unspecified atom stereocenters. The lowest BCUT2D eigenvalue weighted by atomic mass is 10.1. The van der Waals surface area contributed by atoms with Crippen LogP contribution in [0.3, 0.4) is 0 Å². The molecule has 0 aliphatic heterocycles. The summed E-state index contributed by atoms with van der Waals surface area (Å²) in [6, 6.07) is 10.9. The van der Waals surface area contributed by atoms with Crippen molar-refractivity contribution in [2.45, 2.75) is 19.9 Å². The maximum atomic E-state index is 14.3. The zero-order valence-electron chi connectivity index (χ0n) is 15.8. The molecule has 0 bridgehead atoms. The predicted molar refractivity (Wildman–Crippen MR) is 109 cm³/mol. The molecule has 1 aromatic heterocycles. The summed E-state index contributed by atoms with van der Waals surface area (Å²) in [5, 5.41) is 2.71. The van der Waals surface area contributed by atoms with Crippen molar-refractivity contribution in [3.8, 4) is 5.69 Å². The van der Waals surface area contributed by atoms with Crippen molar-refractivity contribution < 1.29 is 17.6 Å². The number of carbonyl (C=O) groups excluding carboxylic acids is 1. The summed E-state index contributed by atoms with van der Waals surface area (Å²) in [7, 11) is -3.44. The fourth-order valence-electron chi connectivity index (χ4n) is 2.78. The monoisotopic (exact) mass is 416 g/mol. The van der Waals surface area contributed by atoms with Gasteiger partial charge in [-0.3, -0.25) is 9.52 Å². The third kappa shape index (κ3) is 5.41. The van der Waals surface area contributed by atoms with Gasteiger partial charge in [0, 0.05) is 30.2 Å². The van der Waals surface area contributed by atoms with E-state index in [9.17, 15) is 17.6 Å². The van der Waals surface area contributed by atoms with Gasteiger partial charge in [0.2, 0.25) is 10.0 Å². The number of nitrogens with one attached hydrogen (secondary N) is 2. The van der Waals surface area contributed by atoms with E-state index in [0.29, 0.717) is 28.9 Å². The quantitative estimate of drug-likeness (QED) is 0.590. The van der Waals surface area contributed by atoms with Crippen LogP contribution < -0.4 is 10.0 Å². The van der Waals surface area contributed by atoms with Gasteiger partial charge >= 0.3 is 0 Å². The Morgan fingerprint density at radius 1 is 1.21 bits per heavy atom. The van der Waals surface area contributed by atoms with Crippen LogP contribution in [-0.2, 0) is 16.6 Å². The van der Waals surface area contributed by atoms with Crippen LogP contribution in [0.5, 0.6) is 0 Å². The van der Waals surface area contributed by atoms with E-state index in [0.717, 1.165) is 0 Å². The van der Waals surface area contributed by atoms with Gasteiger partial charge in [0.25, 0.3) is 5.91 Å². The van der Waals surface area contributed by atoms with Crippen molar-refractivity contribution in [3.63, 3.8) is 0 Å². The van der Waals surface area contributed by atoms with Crippen LogP contribution in [-0.4, -0.2) is 29.6 Å². The minimum Gasteiger partial charge on any atom is -0.348 e. The van der Waals surface area contributed by atoms with E-state index in [1.165, 1.54) is 18.5 Å². The first-order chi connectivity index (χ1) is 13.9. The van der Waals surface area contributed by atoms with Crippen molar-refractivity contribution >= 4 is 21.6 Å². The Morgan fingerprint density at radius 2 is 2.03 bits per heavy atom. The van der Waals surface area contributed by atoms with Crippen LogP contribution in [0.1, 0.15) is 29.3 Å². The number of benzene rings is 2. The van der Waals surface area contributed by atoms with Gasteiger partial charge in [-0.05, 0) is 42.3 Å². The van der Waals surface area contributed by atoms with E-state index >= 15 is 0 Å². The van der Waals surface area contributed by atoms with Crippen LogP contribution in [0, 0.1) is 5.82 Å². The van der Waals surface area contributed by atoms with Gasteiger partial charge < -0.3 is 9.88 Å². The third-order valence-electron chi connectivity index (χ3n) is 4.12. The molecule has 1 heterocycles. The molecule has 152 valence electrons. The second-order valence-corrected chi connectivity index (χ2v) is 8.28. The Morgan fingerprint density at radius 3 is 2.72 bits per heavy atom. The van der Waals surface area contributed by atoms with Crippen LogP contribution in [0.25, 0.3) is 5.69 Å². The number of amides is 1. The van der Waals surface area contributed by atoms with Crippen LogP contribution in [0.2, 0.25) is 0 Å². The van der Waals surface area contributed by atoms with Crippen LogP contribution >= 0.6 is 0 Å². The molecule has 29 heavy (non-hydrogen) atoms. The van der Waals surface area contributed by atoms with Gasteiger partial charge in [-0.15, -0.1) is 0 Å². The summed E-state index contributed by atoms with van der Waals surface area (Å²) >= 11 is 0. The molecule has 2 N–H and O–H groups in total. The summed E-state index contributed by atoms with van der Waals surface area (Å²) in [5.41, 5.74) is 1.59. The van der Waals surface area contributed by atoms with Crippen LogP contribution in [0.15, 0.2) is 61.2 Å². The maximum Gasteiger partial charge on any atom is 0.251 e. The molecular formula is C20H21FN4O3S. The highest BCUT2D eigenvalue weighted by atomic mass is 32.2. The van der Waals surface area contributed by atoms with Gasteiger partial charge in [-0.2, -0.15) is 0 Å². The van der Waals surface area contributed by atoms with E-state index in [1.54, 1.807) is 54.2 Å². The zero-order chi connectivity index (χ0) is 20.9. The lowest BCUT2D eigenvalue weighted by Crippen LogP contribution is -2.23. The highest BCUT2D eigenvalue weighted by Gasteiger charge is 2.12. The van der Waals surface area contributed by atoms with Gasteiger partial charge in [0.05, 0.1) is 17.8 Å². The minimum atomic E-state index is -3.44. The van der Waals surface area contributed by atoms with Crippen molar-refractivity contribution in [1.29, 1.82) is 0 Å². The smallest absolute Gasteiger partial charge is 0.251 e. The standard InChI is InChI=1S/C20H21FN4O3S/c1-2-10-29(27,28)24-17-5-3-4-16(12-17)20(26)23-13-15-6-7-19(18(21)11-15)25-9-8-22-14-25/h3-9,11-12,14,24H,2,10,13H2,1H3,(H,23,26). The van der Waals surface area contributed by atoms with E-state index < -0.39 is 15.8 Å². The third-order valence-corrected chi connectivity index (χ3v) is 5.61. The summed E-state index contributed by atoms with van der Waals surface area (Å²) in [6.45, 7) is 1.90. The van der Waals surface area contributed by atoms with Gasteiger partial charge in [0.1, 0.15) is 5.82 Å². The molecule has 0 atom stereocenters. The molecule has 0 aliphatic carbocycles. The maximum absolute atomic E-state index is 14.3. The Kier molecular flexibility index (Phi) is 6.28. The lowest BCUT2D eigenvalue weighted by Gasteiger charge is -2.10. The molecule has 0 aliphatic rings. The molecule has 0 saturated heterocycles. The SMILES string of the molecule is CCCS(=O)(=O)Nc1cccc(C(=O)NCc2ccc(-n3ccnc3)c(F)c2)c1. The highest BCUT2D eigenvalue weighted by Crippen LogP contribution is 2.16. The van der Waals surface area contributed by atoms with Crippen molar-refractivity contribution in [3.05, 3.63) is 78.1 Å². The van der Waals surface area contributed by atoms with E-state index in [-0.39, 0.29) is 18.2 Å². The molecule has 0 fully saturated rings. The van der Waals surface area contributed by atoms with E-state index in [1.807, 2.05) is 0 Å². The molecule has 0 spiro atoms. The van der Waals surface area contributed by atoms with Gasteiger partial charge in [-0.25, -0.2) is 17.8 Å². The molecule has 0 saturated carbocycles. The zero-order valence-corrected chi connectivity index (χ0v) is 16.6. The lowest BCUT2D eigenvalue weighted by molar-refractivity contribution is 0.0951. The minimum absolute atomic E-state index is 0.00402. The summed E-state index contributed by atoms with van der Waals surface area (Å²) < 4.78 is 42.1. The molecule has 7 nitrogen and oxygen atoms in total. The topological polar surface area (TPSA) is 93.1 Å². The van der Waals surface area contributed by atoms with Gasteiger partial charge in [-0.1, -0.05) is 19.1 Å². The highest BCUT2D eigenvalue weighted by molar-refractivity contribution is 7.92. The first-order valence-corrected chi connectivity index (χ1v) is 10.7. The Bertz CT molecular complexity index is 1100. The average Bonchev–Trinajstić information content (AvgIpc) is 3.20. The molecule has 9 heteroatoms. The number of rotatable bonds is 8.